The normalized spacial score (nSPS) is 32.0. The van der Waals surface area contributed by atoms with Gasteiger partial charge in [-0.2, -0.15) is 0 Å². The number of hydrogen-bond acceptors (Lipinski definition) is 0. The zero-order valence-electron chi connectivity index (χ0n) is 6.55. The van der Waals surface area contributed by atoms with Crippen molar-refractivity contribution in [2.45, 2.75) is 26.7 Å². The fourth-order valence-electron chi connectivity index (χ4n) is 1.15. The van der Waals surface area contributed by atoms with Crippen LogP contribution in [0.1, 0.15) is 26.7 Å². The Kier molecular flexibility index (Phi) is 1.84. The van der Waals surface area contributed by atoms with E-state index < -0.39 is 0 Å². The first-order valence-electron chi connectivity index (χ1n) is 3.72. The SMILES string of the molecule is CCC1(C)C=CC=C([O])C1. The molecule has 0 aromatic carbocycles. The number of allylic oxidation sites excluding steroid dienone is 4. The first kappa shape index (κ1) is 7.39. The van der Waals surface area contributed by atoms with Crippen molar-refractivity contribution in [3.05, 3.63) is 24.0 Å². The first-order valence-corrected chi connectivity index (χ1v) is 3.72. The fraction of sp³-hybridized carbons (Fsp3) is 0.556. The molecule has 0 amide bonds. The van der Waals surface area contributed by atoms with Crippen molar-refractivity contribution in [3.63, 3.8) is 0 Å². The number of rotatable bonds is 1. The minimum atomic E-state index is 0.131. The molecular formula is C9H13O. The molecule has 0 heterocycles. The third-order valence-electron chi connectivity index (χ3n) is 2.17. The van der Waals surface area contributed by atoms with Crippen LogP contribution in [0.4, 0.5) is 0 Å². The van der Waals surface area contributed by atoms with Gasteiger partial charge in [0.15, 0.2) is 5.76 Å². The molecule has 0 aromatic heterocycles. The zero-order valence-corrected chi connectivity index (χ0v) is 6.55. The summed E-state index contributed by atoms with van der Waals surface area (Å²) in [5.41, 5.74) is 0.131. The third-order valence-corrected chi connectivity index (χ3v) is 2.17. The summed E-state index contributed by atoms with van der Waals surface area (Å²) in [5, 5.41) is 10.9. The van der Waals surface area contributed by atoms with E-state index in [0.29, 0.717) is 6.42 Å². The molecule has 0 fully saturated rings. The second kappa shape index (κ2) is 2.49. The lowest BCUT2D eigenvalue weighted by atomic mass is 9.81. The molecule has 1 aliphatic rings. The molecule has 1 aliphatic carbocycles. The Hall–Kier alpha value is -0.720. The Morgan fingerprint density at radius 2 is 2.40 bits per heavy atom. The van der Waals surface area contributed by atoms with Gasteiger partial charge >= 0.3 is 0 Å². The van der Waals surface area contributed by atoms with Gasteiger partial charge in [-0.05, 0) is 17.9 Å². The molecule has 10 heavy (non-hydrogen) atoms. The topological polar surface area (TPSA) is 19.9 Å². The second-order valence-corrected chi connectivity index (χ2v) is 3.18. The van der Waals surface area contributed by atoms with Gasteiger partial charge in [0.2, 0.25) is 0 Å². The van der Waals surface area contributed by atoms with E-state index in [1.165, 1.54) is 0 Å². The summed E-state index contributed by atoms with van der Waals surface area (Å²) in [7, 11) is 0. The molecule has 1 rings (SSSR count). The van der Waals surface area contributed by atoms with Gasteiger partial charge in [-0.3, -0.25) is 5.11 Å². The summed E-state index contributed by atoms with van der Waals surface area (Å²) in [6.07, 6.45) is 7.37. The van der Waals surface area contributed by atoms with Crippen molar-refractivity contribution in [3.8, 4) is 0 Å². The predicted octanol–water partition coefficient (Wildman–Crippen LogP) is 2.68. The lowest BCUT2D eigenvalue weighted by Crippen LogP contribution is -2.14. The summed E-state index contributed by atoms with van der Waals surface area (Å²) in [6.45, 7) is 4.23. The molecule has 1 heteroatoms. The quantitative estimate of drug-likeness (QED) is 0.529. The summed E-state index contributed by atoms with van der Waals surface area (Å²) in [6, 6.07) is 0. The van der Waals surface area contributed by atoms with E-state index in [9.17, 15) is 5.11 Å². The van der Waals surface area contributed by atoms with Crippen LogP contribution in [0.15, 0.2) is 24.0 Å². The molecule has 0 N–H and O–H groups in total. The van der Waals surface area contributed by atoms with E-state index in [1.54, 1.807) is 6.08 Å². The largest absolute Gasteiger partial charge is 0.295 e. The Morgan fingerprint density at radius 1 is 1.70 bits per heavy atom. The van der Waals surface area contributed by atoms with Crippen LogP contribution in [0.25, 0.3) is 0 Å². The van der Waals surface area contributed by atoms with Crippen molar-refractivity contribution in [1.29, 1.82) is 0 Å². The molecule has 0 aromatic rings. The summed E-state index contributed by atoms with van der Waals surface area (Å²) in [4.78, 5) is 0. The summed E-state index contributed by atoms with van der Waals surface area (Å²) in [5.74, 6) is 0.256. The molecule has 1 nitrogen and oxygen atoms in total. The molecule has 0 spiro atoms. The summed E-state index contributed by atoms with van der Waals surface area (Å²) < 4.78 is 0. The molecule has 1 unspecified atom stereocenters. The van der Waals surface area contributed by atoms with Crippen LogP contribution in [-0.4, -0.2) is 0 Å². The molecule has 1 atom stereocenters. The minimum absolute atomic E-state index is 0.131. The van der Waals surface area contributed by atoms with Crippen LogP contribution in [0.2, 0.25) is 0 Å². The monoisotopic (exact) mass is 137 g/mol. The molecule has 0 bridgehead atoms. The molecule has 55 valence electrons. The van der Waals surface area contributed by atoms with Crippen molar-refractivity contribution in [2.75, 3.05) is 0 Å². The zero-order chi connectivity index (χ0) is 7.61. The standard InChI is InChI=1S/C9H13O/c1-3-9(2)6-4-5-8(10)7-9/h4-6H,3,7H2,1-2H3. The van der Waals surface area contributed by atoms with Crippen LogP contribution >= 0.6 is 0 Å². The second-order valence-electron chi connectivity index (χ2n) is 3.18. The fourth-order valence-corrected chi connectivity index (χ4v) is 1.15. The molecule has 0 saturated carbocycles. The first-order chi connectivity index (χ1) is 4.66. The van der Waals surface area contributed by atoms with E-state index in [-0.39, 0.29) is 11.2 Å². The van der Waals surface area contributed by atoms with Crippen LogP contribution in [0.3, 0.4) is 0 Å². The van der Waals surface area contributed by atoms with Gasteiger partial charge in [0.1, 0.15) is 0 Å². The van der Waals surface area contributed by atoms with E-state index >= 15 is 0 Å². The lowest BCUT2D eigenvalue weighted by Gasteiger charge is -2.24. The summed E-state index contributed by atoms with van der Waals surface area (Å²) >= 11 is 0. The Balaban J connectivity index is 2.71. The van der Waals surface area contributed by atoms with Crippen LogP contribution in [-0.2, 0) is 5.11 Å². The van der Waals surface area contributed by atoms with Crippen LogP contribution < -0.4 is 0 Å². The average molecular weight is 137 g/mol. The van der Waals surface area contributed by atoms with Crippen molar-refractivity contribution < 1.29 is 5.11 Å². The third kappa shape index (κ3) is 1.41. The molecule has 0 aliphatic heterocycles. The molecular weight excluding hydrogens is 124 g/mol. The van der Waals surface area contributed by atoms with Gasteiger partial charge in [0.05, 0.1) is 0 Å². The maximum Gasteiger partial charge on any atom is 0.156 e. The Bertz CT molecular complexity index is 179. The highest BCUT2D eigenvalue weighted by Crippen LogP contribution is 2.33. The van der Waals surface area contributed by atoms with E-state index in [0.717, 1.165) is 6.42 Å². The van der Waals surface area contributed by atoms with Crippen LogP contribution in [0.5, 0.6) is 0 Å². The van der Waals surface area contributed by atoms with Crippen molar-refractivity contribution in [2.24, 2.45) is 5.41 Å². The number of hydrogen-bond donors (Lipinski definition) is 0. The average Bonchev–Trinajstić information content (AvgIpc) is 1.88. The highest BCUT2D eigenvalue weighted by atomic mass is 16.3. The molecule has 1 radical (unpaired) electrons. The maximum atomic E-state index is 10.9. The van der Waals surface area contributed by atoms with E-state index in [2.05, 4.69) is 19.9 Å². The van der Waals surface area contributed by atoms with Gasteiger partial charge in [0, 0.05) is 6.42 Å². The minimum Gasteiger partial charge on any atom is -0.295 e. The highest BCUT2D eigenvalue weighted by Gasteiger charge is 2.22. The van der Waals surface area contributed by atoms with Gasteiger partial charge in [-0.1, -0.05) is 26.0 Å². The lowest BCUT2D eigenvalue weighted by molar-refractivity contribution is 0.234. The smallest absolute Gasteiger partial charge is 0.156 e. The van der Waals surface area contributed by atoms with Gasteiger partial charge in [-0.15, -0.1) is 0 Å². The van der Waals surface area contributed by atoms with Crippen molar-refractivity contribution in [1.82, 2.24) is 0 Å². The van der Waals surface area contributed by atoms with Gasteiger partial charge < -0.3 is 0 Å². The van der Waals surface area contributed by atoms with E-state index in [1.807, 2.05) is 6.08 Å². The highest BCUT2D eigenvalue weighted by molar-refractivity contribution is 5.18. The molecule has 0 saturated heterocycles. The van der Waals surface area contributed by atoms with Gasteiger partial charge in [-0.25, -0.2) is 0 Å². The Labute approximate surface area is 62.1 Å². The van der Waals surface area contributed by atoms with Gasteiger partial charge in [0.25, 0.3) is 0 Å². The van der Waals surface area contributed by atoms with E-state index in [4.69, 9.17) is 0 Å². The Morgan fingerprint density at radius 3 is 2.80 bits per heavy atom. The predicted molar refractivity (Wildman–Crippen MR) is 40.9 cm³/mol. The maximum absolute atomic E-state index is 10.9. The van der Waals surface area contributed by atoms with Crippen molar-refractivity contribution >= 4 is 0 Å². The van der Waals surface area contributed by atoms with Crippen LogP contribution in [0, 0.1) is 5.41 Å².